The summed E-state index contributed by atoms with van der Waals surface area (Å²) in [6.45, 7) is 0.511. The molecule has 2 N–H and O–H groups in total. The Balaban J connectivity index is 2.00. The molecule has 2 aliphatic rings. The van der Waals surface area contributed by atoms with Crippen LogP contribution in [0.15, 0.2) is 24.3 Å². The van der Waals surface area contributed by atoms with E-state index in [-0.39, 0.29) is 11.3 Å². The number of rotatable bonds is 2. The molecule has 1 atom stereocenters. The first-order chi connectivity index (χ1) is 9.10. The van der Waals surface area contributed by atoms with Gasteiger partial charge in [0.2, 0.25) is 10.0 Å². The molecule has 1 heterocycles. The molecule has 0 radical (unpaired) electrons. The molecule has 1 fully saturated rings. The maximum absolute atomic E-state index is 12.7. The van der Waals surface area contributed by atoms with E-state index in [0.29, 0.717) is 13.0 Å². The zero-order valence-electron chi connectivity index (χ0n) is 11.0. The van der Waals surface area contributed by atoms with Gasteiger partial charge in [0.05, 0.1) is 10.9 Å². The lowest BCUT2D eigenvalue weighted by atomic mass is 9.99. The second kappa shape index (κ2) is 4.80. The van der Waals surface area contributed by atoms with Crippen molar-refractivity contribution >= 4 is 15.7 Å². The molecule has 1 unspecified atom stereocenters. The van der Waals surface area contributed by atoms with Crippen molar-refractivity contribution < 1.29 is 8.42 Å². The number of hydrogen-bond acceptors (Lipinski definition) is 3. The van der Waals surface area contributed by atoms with Crippen LogP contribution < -0.4 is 10.0 Å². The van der Waals surface area contributed by atoms with E-state index in [1.165, 1.54) is 0 Å². The Morgan fingerprint density at radius 3 is 2.53 bits per heavy atom. The number of nitrogens with two attached hydrogens (primary N) is 1. The SMILES string of the molecule is NC1CCN(S(=O)(=O)C2CCCC2)c2ccccc21. The van der Waals surface area contributed by atoms with Gasteiger partial charge in [-0.3, -0.25) is 4.31 Å². The molecular weight excluding hydrogens is 260 g/mol. The van der Waals surface area contributed by atoms with E-state index < -0.39 is 10.0 Å². The molecule has 104 valence electrons. The highest BCUT2D eigenvalue weighted by atomic mass is 32.2. The smallest absolute Gasteiger partial charge is 0.238 e. The lowest BCUT2D eigenvalue weighted by Crippen LogP contribution is -2.42. The molecule has 0 saturated heterocycles. The summed E-state index contributed by atoms with van der Waals surface area (Å²) in [6, 6.07) is 7.57. The van der Waals surface area contributed by atoms with E-state index in [1.54, 1.807) is 4.31 Å². The zero-order valence-corrected chi connectivity index (χ0v) is 11.8. The van der Waals surface area contributed by atoms with Crippen LogP contribution in [0.25, 0.3) is 0 Å². The fourth-order valence-corrected chi connectivity index (χ4v) is 5.28. The molecule has 19 heavy (non-hydrogen) atoms. The summed E-state index contributed by atoms with van der Waals surface area (Å²) in [5, 5.41) is -0.199. The van der Waals surface area contributed by atoms with Crippen LogP contribution in [0.5, 0.6) is 0 Å². The van der Waals surface area contributed by atoms with Crippen molar-refractivity contribution in [1.82, 2.24) is 0 Å². The standard InChI is InChI=1S/C14H20N2O2S/c15-13-9-10-16(14-8-4-3-7-12(13)14)19(17,18)11-5-1-2-6-11/h3-4,7-8,11,13H,1-2,5-6,9-10,15H2. The Bertz CT molecular complexity index is 565. The maximum atomic E-state index is 12.7. The van der Waals surface area contributed by atoms with Crippen LogP contribution in [-0.4, -0.2) is 20.2 Å². The number of anilines is 1. The Hall–Kier alpha value is -1.07. The molecule has 1 saturated carbocycles. The third-order valence-corrected chi connectivity index (χ3v) is 6.59. The van der Waals surface area contributed by atoms with Gasteiger partial charge in [-0.25, -0.2) is 8.42 Å². The molecule has 1 aliphatic heterocycles. The average molecular weight is 280 g/mol. The number of sulfonamides is 1. The molecular formula is C14H20N2O2S. The average Bonchev–Trinajstić information content (AvgIpc) is 2.94. The predicted octanol–water partition coefficient (Wildman–Crippen LogP) is 2.17. The fourth-order valence-electron chi connectivity index (χ4n) is 3.19. The van der Waals surface area contributed by atoms with Crippen LogP contribution in [0.2, 0.25) is 0 Å². The Kier molecular flexibility index (Phi) is 3.27. The zero-order chi connectivity index (χ0) is 13.5. The minimum absolute atomic E-state index is 0.0498. The van der Waals surface area contributed by atoms with Crippen molar-refractivity contribution in [3.8, 4) is 0 Å². The van der Waals surface area contributed by atoms with Crippen molar-refractivity contribution in [2.75, 3.05) is 10.8 Å². The highest BCUT2D eigenvalue weighted by Crippen LogP contribution is 2.37. The molecule has 1 aliphatic carbocycles. The van der Waals surface area contributed by atoms with Gasteiger partial charge in [0.15, 0.2) is 0 Å². The summed E-state index contributed by atoms with van der Waals surface area (Å²) >= 11 is 0. The van der Waals surface area contributed by atoms with Crippen LogP contribution in [0, 0.1) is 0 Å². The molecule has 5 heteroatoms. The number of benzene rings is 1. The second-order valence-corrected chi connectivity index (χ2v) is 7.61. The predicted molar refractivity (Wildman–Crippen MR) is 76.5 cm³/mol. The Morgan fingerprint density at radius 2 is 1.79 bits per heavy atom. The number of para-hydroxylation sites is 1. The van der Waals surface area contributed by atoms with Gasteiger partial charge in [-0.2, -0.15) is 0 Å². The van der Waals surface area contributed by atoms with E-state index in [0.717, 1.165) is 36.9 Å². The highest BCUT2D eigenvalue weighted by Gasteiger charge is 2.37. The summed E-state index contributed by atoms with van der Waals surface area (Å²) in [6.07, 6.45) is 4.35. The number of hydrogen-bond donors (Lipinski definition) is 1. The quantitative estimate of drug-likeness (QED) is 0.903. The number of fused-ring (bicyclic) bond motifs is 1. The third kappa shape index (κ3) is 2.15. The van der Waals surface area contributed by atoms with Crippen molar-refractivity contribution in [3.63, 3.8) is 0 Å². The van der Waals surface area contributed by atoms with Gasteiger partial charge < -0.3 is 5.73 Å². The van der Waals surface area contributed by atoms with Crippen LogP contribution in [0.3, 0.4) is 0 Å². The summed E-state index contributed by atoms with van der Waals surface area (Å²) in [5.41, 5.74) is 7.82. The first-order valence-corrected chi connectivity index (χ1v) is 8.47. The molecule has 3 rings (SSSR count). The van der Waals surface area contributed by atoms with Crippen molar-refractivity contribution in [3.05, 3.63) is 29.8 Å². The highest BCUT2D eigenvalue weighted by molar-refractivity contribution is 7.93. The van der Waals surface area contributed by atoms with Gasteiger partial charge in [0, 0.05) is 12.6 Å². The lowest BCUT2D eigenvalue weighted by molar-refractivity contribution is 0.560. The van der Waals surface area contributed by atoms with Gasteiger partial charge in [0.25, 0.3) is 0 Å². The Morgan fingerprint density at radius 1 is 1.11 bits per heavy atom. The molecule has 0 amide bonds. The van der Waals surface area contributed by atoms with E-state index >= 15 is 0 Å². The summed E-state index contributed by atoms with van der Waals surface area (Å²) in [4.78, 5) is 0. The first kappa shape index (κ1) is 12.9. The second-order valence-electron chi connectivity index (χ2n) is 5.48. The summed E-state index contributed by atoms with van der Waals surface area (Å²) in [7, 11) is -3.22. The molecule has 0 aromatic heterocycles. The lowest BCUT2D eigenvalue weighted by Gasteiger charge is -2.35. The van der Waals surface area contributed by atoms with Gasteiger partial charge in [-0.05, 0) is 30.9 Å². The fraction of sp³-hybridized carbons (Fsp3) is 0.571. The van der Waals surface area contributed by atoms with Crippen LogP contribution in [-0.2, 0) is 10.0 Å². The van der Waals surface area contributed by atoms with E-state index in [9.17, 15) is 8.42 Å². The normalized spacial score (nSPS) is 24.5. The largest absolute Gasteiger partial charge is 0.324 e. The van der Waals surface area contributed by atoms with E-state index in [4.69, 9.17) is 5.73 Å². The van der Waals surface area contributed by atoms with Crippen molar-refractivity contribution in [2.24, 2.45) is 5.73 Å². The number of nitrogens with zero attached hydrogens (tertiary/aromatic N) is 1. The van der Waals surface area contributed by atoms with Gasteiger partial charge in [0.1, 0.15) is 0 Å². The van der Waals surface area contributed by atoms with Crippen LogP contribution >= 0.6 is 0 Å². The van der Waals surface area contributed by atoms with E-state index in [2.05, 4.69) is 0 Å². The van der Waals surface area contributed by atoms with Crippen molar-refractivity contribution in [1.29, 1.82) is 0 Å². The van der Waals surface area contributed by atoms with E-state index in [1.807, 2.05) is 24.3 Å². The topological polar surface area (TPSA) is 63.4 Å². The van der Waals surface area contributed by atoms with Crippen LogP contribution in [0.1, 0.15) is 43.7 Å². The molecule has 4 nitrogen and oxygen atoms in total. The monoisotopic (exact) mass is 280 g/mol. The van der Waals surface area contributed by atoms with Gasteiger partial charge in [-0.15, -0.1) is 0 Å². The first-order valence-electron chi connectivity index (χ1n) is 6.97. The minimum Gasteiger partial charge on any atom is -0.324 e. The summed E-state index contributed by atoms with van der Waals surface area (Å²) < 4.78 is 27.1. The molecule has 0 spiro atoms. The minimum atomic E-state index is -3.22. The molecule has 1 aromatic carbocycles. The van der Waals surface area contributed by atoms with Gasteiger partial charge >= 0.3 is 0 Å². The van der Waals surface area contributed by atoms with Gasteiger partial charge in [-0.1, -0.05) is 31.0 Å². The molecule has 1 aromatic rings. The van der Waals surface area contributed by atoms with Crippen molar-refractivity contribution in [2.45, 2.75) is 43.4 Å². The van der Waals surface area contributed by atoms with Crippen LogP contribution in [0.4, 0.5) is 5.69 Å². The Labute approximate surface area is 114 Å². The maximum Gasteiger partial charge on any atom is 0.238 e. The molecule has 0 bridgehead atoms. The summed E-state index contributed by atoms with van der Waals surface area (Å²) in [5.74, 6) is 0. The third-order valence-electron chi connectivity index (χ3n) is 4.28.